The molecule has 0 radical (unpaired) electrons. The number of aromatic nitrogens is 1. The summed E-state index contributed by atoms with van der Waals surface area (Å²) in [5.41, 5.74) is 5.24. The van der Waals surface area contributed by atoms with Crippen LogP contribution in [-0.4, -0.2) is 93.3 Å². The molecule has 2 aliphatic carbocycles. The van der Waals surface area contributed by atoms with Crippen LogP contribution in [0.3, 0.4) is 0 Å². The van der Waals surface area contributed by atoms with Gasteiger partial charge in [-0.05, 0) is 87.2 Å². The van der Waals surface area contributed by atoms with E-state index < -0.39 is 21.5 Å². The summed E-state index contributed by atoms with van der Waals surface area (Å²) >= 11 is 0. The zero-order valence-electron chi connectivity index (χ0n) is 27.5. The SMILES string of the molecule is COc1ccc2c(c1)C1CC1(C(=O)N1CC[C@@H](N(C)C)C1)Cn1c-2c(C2CCCCC2)c2ccc(C(=O)NS(=O)(=O)N(C)C)cc21. The van der Waals surface area contributed by atoms with Gasteiger partial charge in [-0.25, -0.2) is 4.72 Å². The van der Waals surface area contributed by atoms with Crippen LogP contribution in [0.2, 0.25) is 0 Å². The second kappa shape index (κ2) is 11.4. The van der Waals surface area contributed by atoms with E-state index in [0.29, 0.717) is 18.5 Å². The number of carbonyl (C=O) groups excluding carboxylic acids is 2. The minimum atomic E-state index is -3.96. The van der Waals surface area contributed by atoms with Gasteiger partial charge in [-0.15, -0.1) is 0 Å². The number of hydrogen-bond acceptors (Lipinski definition) is 6. The lowest BCUT2D eigenvalue weighted by atomic mass is 9.81. The van der Waals surface area contributed by atoms with Crippen molar-refractivity contribution in [1.82, 2.24) is 23.4 Å². The molecule has 1 aromatic heterocycles. The Morgan fingerprint density at radius 3 is 2.43 bits per heavy atom. The number of amides is 2. The summed E-state index contributed by atoms with van der Waals surface area (Å²) in [5, 5.41) is 1.08. The van der Waals surface area contributed by atoms with E-state index in [1.54, 1.807) is 13.2 Å². The van der Waals surface area contributed by atoms with E-state index in [2.05, 4.69) is 45.3 Å². The number of hydrogen-bond donors (Lipinski definition) is 1. The van der Waals surface area contributed by atoms with E-state index in [-0.39, 0.29) is 17.4 Å². The molecule has 246 valence electrons. The second-order valence-corrected chi connectivity index (χ2v) is 16.0. The van der Waals surface area contributed by atoms with E-state index in [4.69, 9.17) is 4.74 Å². The van der Waals surface area contributed by atoms with Gasteiger partial charge in [-0.2, -0.15) is 12.7 Å². The zero-order chi connectivity index (χ0) is 32.5. The summed E-state index contributed by atoms with van der Waals surface area (Å²) in [6.07, 6.45) is 7.47. The lowest BCUT2D eigenvalue weighted by Crippen LogP contribution is -2.40. The van der Waals surface area contributed by atoms with Crippen molar-refractivity contribution in [3.8, 4) is 17.0 Å². The molecule has 2 aliphatic heterocycles. The lowest BCUT2D eigenvalue weighted by Gasteiger charge is -2.26. The van der Waals surface area contributed by atoms with Crippen LogP contribution in [0.1, 0.15) is 78.3 Å². The Morgan fingerprint density at radius 2 is 1.76 bits per heavy atom. The number of nitrogens with zero attached hydrogens (tertiary/aromatic N) is 4. The van der Waals surface area contributed by atoms with Gasteiger partial charge < -0.3 is 19.1 Å². The van der Waals surface area contributed by atoms with Crippen LogP contribution in [0.25, 0.3) is 22.2 Å². The van der Waals surface area contributed by atoms with Crippen LogP contribution in [-0.2, 0) is 21.5 Å². The van der Waals surface area contributed by atoms with Crippen molar-refractivity contribution in [3.63, 3.8) is 0 Å². The first-order chi connectivity index (χ1) is 21.9. The number of fused-ring (bicyclic) bond motifs is 7. The predicted octanol–water partition coefficient (Wildman–Crippen LogP) is 4.55. The third-order valence-corrected chi connectivity index (χ3v) is 12.5. The fourth-order valence-corrected chi connectivity index (χ4v) is 8.89. The topological polar surface area (TPSA) is 104 Å². The maximum absolute atomic E-state index is 14.6. The van der Waals surface area contributed by atoms with Crippen molar-refractivity contribution in [2.24, 2.45) is 5.41 Å². The summed E-state index contributed by atoms with van der Waals surface area (Å²) in [6, 6.07) is 12.2. The summed E-state index contributed by atoms with van der Waals surface area (Å²) in [7, 11) is 4.65. The third-order valence-electron chi connectivity index (χ3n) is 11.1. The predicted molar refractivity (Wildman–Crippen MR) is 178 cm³/mol. The maximum Gasteiger partial charge on any atom is 0.303 e. The standard InChI is InChI=1S/C35H45N5O5S/c1-37(2)24-15-16-39(20-24)34(42)35-19-29(35)28-18-25(45-5)12-14-26(28)32-31(22-9-7-6-8-10-22)27-13-11-23(17-30(27)40(32)21-35)33(41)36-46(43,44)38(3)4/h11-14,17-18,22,24,29H,6-10,15-16,19-21H2,1-5H3,(H,36,41)/t24-,29?,35?/m1/s1. The molecule has 7 rings (SSSR count). The van der Waals surface area contributed by atoms with E-state index in [1.807, 2.05) is 18.2 Å². The monoisotopic (exact) mass is 647 g/mol. The van der Waals surface area contributed by atoms with Gasteiger partial charge in [0.15, 0.2) is 0 Å². The Labute approximate surface area is 271 Å². The number of nitrogens with one attached hydrogen (secondary N) is 1. The number of carbonyl (C=O) groups is 2. The molecule has 11 heteroatoms. The summed E-state index contributed by atoms with van der Waals surface area (Å²) in [4.78, 5) is 32.2. The number of methoxy groups -OCH3 is 1. The number of rotatable bonds is 7. The van der Waals surface area contributed by atoms with Crippen LogP contribution in [0.5, 0.6) is 5.75 Å². The molecule has 10 nitrogen and oxygen atoms in total. The molecule has 3 atom stereocenters. The van der Waals surface area contributed by atoms with E-state index in [9.17, 15) is 18.0 Å². The van der Waals surface area contributed by atoms with Gasteiger partial charge >= 0.3 is 10.2 Å². The number of benzene rings is 2. The number of ether oxygens (including phenoxy) is 1. The Morgan fingerprint density at radius 1 is 1.00 bits per heavy atom. The lowest BCUT2D eigenvalue weighted by molar-refractivity contribution is -0.136. The van der Waals surface area contributed by atoms with Gasteiger partial charge in [0.05, 0.1) is 18.2 Å². The molecule has 4 aliphatic rings. The smallest absolute Gasteiger partial charge is 0.303 e. The highest BCUT2D eigenvalue weighted by atomic mass is 32.2. The summed E-state index contributed by atoms with van der Waals surface area (Å²) in [6.45, 7) is 1.98. The Balaban J connectivity index is 1.42. The molecule has 2 amide bonds. The molecule has 2 saturated carbocycles. The zero-order valence-corrected chi connectivity index (χ0v) is 28.3. The first-order valence-corrected chi connectivity index (χ1v) is 17.9. The van der Waals surface area contributed by atoms with Crippen molar-refractivity contribution in [2.75, 3.05) is 48.4 Å². The van der Waals surface area contributed by atoms with Crippen molar-refractivity contribution in [2.45, 2.75) is 69.4 Å². The van der Waals surface area contributed by atoms with Crippen molar-refractivity contribution < 1.29 is 22.7 Å². The van der Waals surface area contributed by atoms with Gasteiger partial charge in [-0.1, -0.05) is 25.3 Å². The second-order valence-electron chi connectivity index (χ2n) is 14.2. The summed E-state index contributed by atoms with van der Waals surface area (Å²) in [5.74, 6) is 0.735. The highest BCUT2D eigenvalue weighted by Gasteiger charge is 2.64. The first kappa shape index (κ1) is 31.2. The average molecular weight is 648 g/mol. The summed E-state index contributed by atoms with van der Waals surface area (Å²) < 4.78 is 36.3. The fraction of sp³-hybridized carbons (Fsp3) is 0.543. The molecule has 2 unspecified atom stereocenters. The minimum Gasteiger partial charge on any atom is -0.497 e. The maximum atomic E-state index is 14.6. The molecule has 1 N–H and O–H groups in total. The third kappa shape index (κ3) is 5.02. The van der Waals surface area contributed by atoms with E-state index in [1.165, 1.54) is 38.9 Å². The highest BCUT2D eigenvalue weighted by molar-refractivity contribution is 7.87. The molecule has 0 spiro atoms. The Hall–Kier alpha value is -3.41. The highest BCUT2D eigenvalue weighted by Crippen LogP contribution is 2.66. The number of likely N-dealkylation sites (N-methyl/N-ethyl adjacent to an activating group) is 1. The van der Waals surface area contributed by atoms with Gasteiger partial charge in [0.1, 0.15) is 5.75 Å². The van der Waals surface area contributed by atoms with Crippen molar-refractivity contribution in [1.29, 1.82) is 0 Å². The number of likely N-dealkylation sites (tertiary alicyclic amines) is 1. The molecule has 3 heterocycles. The van der Waals surface area contributed by atoms with Gasteiger partial charge in [0.25, 0.3) is 5.91 Å². The van der Waals surface area contributed by atoms with Crippen LogP contribution < -0.4 is 9.46 Å². The normalized spacial score (nSPS) is 24.5. The molecule has 3 fully saturated rings. The molecular weight excluding hydrogens is 602 g/mol. The van der Waals surface area contributed by atoms with Crippen LogP contribution in [0.15, 0.2) is 36.4 Å². The minimum absolute atomic E-state index is 0.0642. The Kier molecular flexibility index (Phi) is 7.72. The van der Waals surface area contributed by atoms with Gasteiger partial charge in [0.2, 0.25) is 5.91 Å². The largest absolute Gasteiger partial charge is 0.497 e. The molecule has 2 aromatic carbocycles. The van der Waals surface area contributed by atoms with Gasteiger partial charge in [0, 0.05) is 67.7 Å². The van der Waals surface area contributed by atoms with Gasteiger partial charge in [-0.3, -0.25) is 9.59 Å². The van der Waals surface area contributed by atoms with E-state index >= 15 is 0 Å². The first-order valence-electron chi connectivity index (χ1n) is 16.5. The quantitative estimate of drug-likeness (QED) is 0.404. The Bertz CT molecular complexity index is 1830. The van der Waals surface area contributed by atoms with Crippen LogP contribution in [0.4, 0.5) is 0 Å². The molecule has 1 saturated heterocycles. The van der Waals surface area contributed by atoms with E-state index in [0.717, 1.165) is 76.6 Å². The van der Waals surface area contributed by atoms with Crippen LogP contribution in [0, 0.1) is 5.41 Å². The molecular formula is C35H45N5O5S. The van der Waals surface area contributed by atoms with Crippen LogP contribution >= 0.6 is 0 Å². The molecule has 3 aromatic rings. The molecule has 46 heavy (non-hydrogen) atoms. The fourth-order valence-electron chi connectivity index (χ4n) is 8.35. The van der Waals surface area contributed by atoms with Crippen molar-refractivity contribution in [3.05, 3.63) is 53.1 Å². The molecule has 0 bridgehead atoms. The average Bonchev–Trinajstić information content (AvgIpc) is 3.42. The van der Waals surface area contributed by atoms with Crippen molar-refractivity contribution >= 4 is 32.9 Å².